The predicted octanol–water partition coefficient (Wildman–Crippen LogP) is 1.93. The van der Waals surface area contributed by atoms with Gasteiger partial charge in [-0.25, -0.2) is 0 Å². The lowest BCUT2D eigenvalue weighted by atomic mass is 9.89. The molecule has 2 atom stereocenters. The number of ether oxygens (including phenoxy) is 1. The molecule has 1 aliphatic heterocycles. The standard InChI is InChI=1S/C13H20N2O/c1-10-4-6-11(7-5-10)13(15-14)12-3-2-8-16-9-12/h4-7,12-13,15H,2-3,8-9,14H2,1H3. The fourth-order valence-electron chi connectivity index (χ4n) is 2.31. The lowest BCUT2D eigenvalue weighted by Crippen LogP contribution is -2.37. The van der Waals surface area contributed by atoms with Crippen molar-refractivity contribution in [2.45, 2.75) is 25.8 Å². The Morgan fingerprint density at radius 1 is 1.38 bits per heavy atom. The van der Waals surface area contributed by atoms with Crippen LogP contribution in [-0.2, 0) is 4.74 Å². The maximum Gasteiger partial charge on any atom is 0.0513 e. The van der Waals surface area contributed by atoms with Crippen LogP contribution in [0.3, 0.4) is 0 Å². The van der Waals surface area contributed by atoms with Crippen LogP contribution in [0.25, 0.3) is 0 Å². The van der Waals surface area contributed by atoms with Crippen molar-refractivity contribution in [1.82, 2.24) is 5.43 Å². The van der Waals surface area contributed by atoms with E-state index in [1.165, 1.54) is 17.5 Å². The maximum atomic E-state index is 5.67. The van der Waals surface area contributed by atoms with Crippen LogP contribution in [-0.4, -0.2) is 13.2 Å². The summed E-state index contributed by atoms with van der Waals surface area (Å²) in [5, 5.41) is 0. The molecule has 1 aliphatic rings. The van der Waals surface area contributed by atoms with E-state index in [0.29, 0.717) is 5.92 Å². The third-order valence-electron chi connectivity index (χ3n) is 3.28. The third-order valence-corrected chi connectivity index (χ3v) is 3.28. The van der Waals surface area contributed by atoms with Crippen molar-refractivity contribution < 1.29 is 4.74 Å². The van der Waals surface area contributed by atoms with Crippen LogP contribution in [0.1, 0.15) is 30.0 Å². The van der Waals surface area contributed by atoms with Crippen LogP contribution in [0, 0.1) is 12.8 Å². The first-order valence-corrected chi connectivity index (χ1v) is 5.91. The van der Waals surface area contributed by atoms with Crippen molar-refractivity contribution in [3.8, 4) is 0 Å². The number of hydrogen-bond donors (Lipinski definition) is 2. The molecule has 0 aliphatic carbocycles. The average molecular weight is 220 g/mol. The molecule has 88 valence electrons. The Bertz CT molecular complexity index is 317. The molecule has 3 N–H and O–H groups in total. The Morgan fingerprint density at radius 3 is 2.69 bits per heavy atom. The fraction of sp³-hybridized carbons (Fsp3) is 0.538. The Kier molecular flexibility index (Phi) is 3.93. The number of benzene rings is 1. The Hall–Kier alpha value is -0.900. The van der Waals surface area contributed by atoms with Gasteiger partial charge in [-0.3, -0.25) is 11.3 Å². The molecular weight excluding hydrogens is 200 g/mol. The van der Waals surface area contributed by atoms with Crippen molar-refractivity contribution in [2.24, 2.45) is 11.8 Å². The summed E-state index contributed by atoms with van der Waals surface area (Å²) in [7, 11) is 0. The molecule has 0 spiro atoms. The first-order valence-electron chi connectivity index (χ1n) is 5.91. The summed E-state index contributed by atoms with van der Waals surface area (Å²) in [6.07, 6.45) is 2.32. The van der Waals surface area contributed by atoms with E-state index in [-0.39, 0.29) is 6.04 Å². The maximum absolute atomic E-state index is 5.67. The Balaban J connectivity index is 2.11. The summed E-state index contributed by atoms with van der Waals surface area (Å²) in [6.45, 7) is 3.79. The average Bonchev–Trinajstić information content (AvgIpc) is 2.34. The van der Waals surface area contributed by atoms with Crippen LogP contribution in [0.4, 0.5) is 0 Å². The summed E-state index contributed by atoms with van der Waals surface area (Å²) < 4.78 is 5.51. The van der Waals surface area contributed by atoms with E-state index in [9.17, 15) is 0 Å². The minimum Gasteiger partial charge on any atom is -0.381 e. The topological polar surface area (TPSA) is 47.3 Å². The quantitative estimate of drug-likeness (QED) is 0.604. The van der Waals surface area contributed by atoms with Crippen LogP contribution in [0.15, 0.2) is 24.3 Å². The van der Waals surface area contributed by atoms with Gasteiger partial charge >= 0.3 is 0 Å². The normalized spacial score (nSPS) is 23.0. The van der Waals surface area contributed by atoms with Gasteiger partial charge in [-0.1, -0.05) is 29.8 Å². The van der Waals surface area contributed by atoms with Crippen molar-refractivity contribution in [3.63, 3.8) is 0 Å². The smallest absolute Gasteiger partial charge is 0.0513 e. The lowest BCUT2D eigenvalue weighted by molar-refractivity contribution is 0.0390. The van der Waals surface area contributed by atoms with Gasteiger partial charge in [-0.05, 0) is 25.3 Å². The van der Waals surface area contributed by atoms with Gasteiger partial charge in [0.1, 0.15) is 0 Å². The van der Waals surface area contributed by atoms with E-state index in [4.69, 9.17) is 10.6 Å². The second-order valence-electron chi connectivity index (χ2n) is 4.53. The lowest BCUT2D eigenvalue weighted by Gasteiger charge is -2.30. The Labute approximate surface area is 97.0 Å². The van der Waals surface area contributed by atoms with Crippen molar-refractivity contribution in [3.05, 3.63) is 35.4 Å². The highest BCUT2D eigenvalue weighted by molar-refractivity contribution is 5.24. The van der Waals surface area contributed by atoms with Gasteiger partial charge in [0.15, 0.2) is 0 Å². The molecule has 1 heterocycles. The molecule has 2 unspecified atom stereocenters. The molecular formula is C13H20N2O. The zero-order valence-electron chi connectivity index (χ0n) is 9.78. The summed E-state index contributed by atoms with van der Waals surface area (Å²) in [5.74, 6) is 6.16. The van der Waals surface area contributed by atoms with Crippen LogP contribution >= 0.6 is 0 Å². The molecule has 3 nitrogen and oxygen atoms in total. The second-order valence-corrected chi connectivity index (χ2v) is 4.53. The minimum atomic E-state index is 0.209. The summed E-state index contributed by atoms with van der Waals surface area (Å²) >= 11 is 0. The molecule has 1 fully saturated rings. The van der Waals surface area contributed by atoms with E-state index in [0.717, 1.165) is 19.6 Å². The van der Waals surface area contributed by atoms with Gasteiger partial charge in [-0.2, -0.15) is 0 Å². The molecule has 0 aromatic heterocycles. The predicted molar refractivity (Wildman–Crippen MR) is 64.8 cm³/mol. The molecule has 0 radical (unpaired) electrons. The largest absolute Gasteiger partial charge is 0.381 e. The fourth-order valence-corrected chi connectivity index (χ4v) is 2.31. The van der Waals surface area contributed by atoms with Gasteiger partial charge in [-0.15, -0.1) is 0 Å². The summed E-state index contributed by atoms with van der Waals surface area (Å²) in [5.41, 5.74) is 5.46. The number of nitrogens with two attached hydrogens (primary N) is 1. The summed E-state index contributed by atoms with van der Waals surface area (Å²) in [4.78, 5) is 0. The second kappa shape index (κ2) is 5.43. The van der Waals surface area contributed by atoms with Crippen molar-refractivity contribution in [2.75, 3.05) is 13.2 Å². The first kappa shape index (κ1) is 11.6. The zero-order chi connectivity index (χ0) is 11.4. The molecule has 0 bridgehead atoms. The number of aryl methyl sites for hydroxylation is 1. The number of rotatable bonds is 3. The van der Waals surface area contributed by atoms with E-state index < -0.39 is 0 Å². The molecule has 3 heteroatoms. The highest BCUT2D eigenvalue weighted by Crippen LogP contribution is 2.28. The molecule has 1 saturated heterocycles. The third kappa shape index (κ3) is 2.61. The molecule has 1 aromatic carbocycles. The highest BCUT2D eigenvalue weighted by atomic mass is 16.5. The number of hydrogen-bond acceptors (Lipinski definition) is 3. The molecule has 1 aromatic rings. The molecule has 0 amide bonds. The number of hydrazine groups is 1. The van der Waals surface area contributed by atoms with Crippen molar-refractivity contribution >= 4 is 0 Å². The molecule has 2 rings (SSSR count). The van der Waals surface area contributed by atoms with E-state index >= 15 is 0 Å². The van der Waals surface area contributed by atoms with E-state index in [2.05, 4.69) is 36.6 Å². The van der Waals surface area contributed by atoms with E-state index in [1.54, 1.807) is 0 Å². The van der Waals surface area contributed by atoms with Crippen molar-refractivity contribution in [1.29, 1.82) is 0 Å². The molecule has 16 heavy (non-hydrogen) atoms. The monoisotopic (exact) mass is 220 g/mol. The molecule has 0 saturated carbocycles. The number of nitrogens with one attached hydrogen (secondary N) is 1. The summed E-state index contributed by atoms with van der Waals surface area (Å²) in [6, 6.07) is 8.76. The van der Waals surface area contributed by atoms with Gasteiger partial charge < -0.3 is 4.74 Å². The minimum absolute atomic E-state index is 0.209. The van der Waals surface area contributed by atoms with Crippen LogP contribution in [0.5, 0.6) is 0 Å². The van der Waals surface area contributed by atoms with E-state index in [1.807, 2.05) is 0 Å². The Morgan fingerprint density at radius 2 is 2.12 bits per heavy atom. The van der Waals surface area contributed by atoms with Gasteiger partial charge in [0.2, 0.25) is 0 Å². The zero-order valence-corrected chi connectivity index (χ0v) is 9.78. The van der Waals surface area contributed by atoms with Gasteiger partial charge in [0.05, 0.1) is 12.6 Å². The van der Waals surface area contributed by atoms with Gasteiger partial charge in [0, 0.05) is 12.5 Å². The van der Waals surface area contributed by atoms with Gasteiger partial charge in [0.25, 0.3) is 0 Å². The van der Waals surface area contributed by atoms with Crippen LogP contribution in [0.2, 0.25) is 0 Å². The highest BCUT2D eigenvalue weighted by Gasteiger charge is 2.24. The first-order chi connectivity index (χ1) is 7.81. The SMILES string of the molecule is Cc1ccc(C(NN)C2CCCOC2)cc1. The van der Waals surface area contributed by atoms with Crippen LogP contribution < -0.4 is 11.3 Å².